The maximum absolute atomic E-state index is 12.0. The topological polar surface area (TPSA) is 85.4 Å². The lowest BCUT2D eigenvalue weighted by molar-refractivity contribution is -0.152. The van der Waals surface area contributed by atoms with Crippen LogP contribution < -0.4 is 0 Å². The molecule has 1 aliphatic rings. The minimum absolute atomic E-state index is 0.121. The second kappa shape index (κ2) is 29.0. The van der Waals surface area contributed by atoms with Crippen LogP contribution in [-0.4, -0.2) is 48.6 Å². The first-order valence-electron chi connectivity index (χ1n) is 18.8. The molecule has 0 aromatic rings. The molecule has 3 unspecified atom stereocenters. The van der Waals surface area contributed by atoms with Crippen molar-refractivity contribution in [3.8, 4) is 0 Å². The molecule has 0 aromatic heterocycles. The Kier molecular flexibility index (Phi) is 26.8. The molecule has 0 saturated carbocycles. The van der Waals surface area contributed by atoms with E-state index in [0.29, 0.717) is 25.0 Å². The average molecular weight is 623 g/mol. The van der Waals surface area contributed by atoms with Crippen molar-refractivity contribution in [3.05, 3.63) is 12.2 Å². The summed E-state index contributed by atoms with van der Waals surface area (Å²) in [5.74, 6) is 0.294. The van der Waals surface area contributed by atoms with Gasteiger partial charge in [0, 0.05) is 12.8 Å². The van der Waals surface area contributed by atoms with E-state index in [9.17, 15) is 14.7 Å². The highest BCUT2D eigenvalue weighted by Gasteiger charge is 2.36. The highest BCUT2D eigenvalue weighted by Crippen LogP contribution is 2.30. The van der Waals surface area contributed by atoms with Crippen LogP contribution in [0.3, 0.4) is 0 Å². The lowest BCUT2D eigenvalue weighted by Crippen LogP contribution is -2.25. The molecular weight excluding hydrogens is 552 g/mol. The number of hydrogen-bond donors (Lipinski definition) is 1. The standard InChI is InChI=1S/C38H70O6/c1-4-6-7-8-17-22-27-35-36(44-35)28-23-18-15-20-25-30-38(41)43-32-34(39)31-42-37(40)29-24-19-14-12-10-9-11-13-16-21-26-33(3)5-2/h17,22,33-36,39H,4-16,18-21,23-32H2,1-3H3/b22-17-/t33?,34-,35?,36?/m0/s1. The fraction of sp³-hybridized carbons (Fsp3) is 0.895. The molecule has 0 spiro atoms. The Balaban J connectivity index is 1.83. The Labute approximate surface area is 271 Å². The first-order chi connectivity index (χ1) is 21.5. The van der Waals surface area contributed by atoms with Crippen LogP contribution in [0, 0.1) is 5.92 Å². The minimum atomic E-state index is -0.969. The maximum Gasteiger partial charge on any atom is 0.305 e. The summed E-state index contributed by atoms with van der Waals surface area (Å²) in [6, 6.07) is 0. The molecule has 6 nitrogen and oxygen atoms in total. The number of unbranched alkanes of at least 4 members (excludes halogenated alkanes) is 16. The molecule has 0 aliphatic carbocycles. The van der Waals surface area contributed by atoms with Crippen molar-refractivity contribution >= 4 is 11.9 Å². The first-order valence-corrected chi connectivity index (χ1v) is 18.8. The van der Waals surface area contributed by atoms with Crippen LogP contribution >= 0.6 is 0 Å². The summed E-state index contributed by atoms with van der Waals surface area (Å²) in [6.45, 7) is 6.62. The number of carbonyl (C=O) groups is 2. The van der Waals surface area contributed by atoms with Gasteiger partial charge < -0.3 is 19.3 Å². The number of epoxide rings is 1. The molecule has 4 atom stereocenters. The number of ether oxygens (including phenoxy) is 3. The smallest absolute Gasteiger partial charge is 0.305 e. The number of rotatable bonds is 32. The van der Waals surface area contributed by atoms with Crippen molar-refractivity contribution in [2.75, 3.05) is 13.2 Å². The van der Waals surface area contributed by atoms with Crippen molar-refractivity contribution in [2.45, 2.75) is 200 Å². The van der Waals surface area contributed by atoms with Crippen LogP contribution in [0.1, 0.15) is 181 Å². The Morgan fingerprint density at radius 3 is 1.75 bits per heavy atom. The van der Waals surface area contributed by atoms with Crippen LogP contribution in [0.5, 0.6) is 0 Å². The van der Waals surface area contributed by atoms with Crippen molar-refractivity contribution < 1.29 is 28.9 Å². The number of carbonyl (C=O) groups excluding carboxylic acids is 2. The van der Waals surface area contributed by atoms with Crippen LogP contribution in [0.2, 0.25) is 0 Å². The normalized spacial score (nSPS) is 17.5. The summed E-state index contributed by atoms with van der Waals surface area (Å²) in [6.07, 6.45) is 32.8. The second-order valence-electron chi connectivity index (χ2n) is 13.3. The average Bonchev–Trinajstić information content (AvgIpc) is 3.78. The van der Waals surface area contributed by atoms with Crippen molar-refractivity contribution in [1.82, 2.24) is 0 Å². The van der Waals surface area contributed by atoms with Crippen LogP contribution in [0.4, 0.5) is 0 Å². The van der Waals surface area contributed by atoms with Gasteiger partial charge in [-0.2, -0.15) is 0 Å². The van der Waals surface area contributed by atoms with Gasteiger partial charge in [0.05, 0.1) is 12.2 Å². The molecule has 1 N–H and O–H groups in total. The van der Waals surface area contributed by atoms with E-state index in [0.717, 1.165) is 63.7 Å². The summed E-state index contributed by atoms with van der Waals surface area (Å²) in [5, 5.41) is 10.0. The molecule has 1 heterocycles. The molecule has 0 bridgehead atoms. The van der Waals surface area contributed by atoms with E-state index in [1.54, 1.807) is 0 Å². The summed E-state index contributed by atoms with van der Waals surface area (Å²) in [4.78, 5) is 23.9. The molecule has 1 rings (SSSR count). The molecule has 1 fully saturated rings. The fourth-order valence-corrected chi connectivity index (χ4v) is 5.60. The molecule has 0 radical (unpaired) electrons. The summed E-state index contributed by atoms with van der Waals surface area (Å²) < 4.78 is 16.1. The Bertz CT molecular complexity index is 707. The van der Waals surface area contributed by atoms with E-state index in [4.69, 9.17) is 14.2 Å². The SMILES string of the molecule is CCCCC/C=C\CC1OC1CCCCCCCC(=O)OC[C@@H](O)COC(=O)CCCCCCCCCCCCC(C)CC. The molecule has 44 heavy (non-hydrogen) atoms. The largest absolute Gasteiger partial charge is 0.463 e. The zero-order valence-corrected chi connectivity index (χ0v) is 29.0. The van der Waals surface area contributed by atoms with Gasteiger partial charge in [-0.1, -0.05) is 142 Å². The molecule has 0 aromatic carbocycles. The van der Waals surface area contributed by atoms with Crippen molar-refractivity contribution in [3.63, 3.8) is 0 Å². The van der Waals surface area contributed by atoms with Gasteiger partial charge in [0.1, 0.15) is 19.3 Å². The molecule has 1 saturated heterocycles. The predicted octanol–water partition coefficient (Wildman–Crippen LogP) is 10.2. The molecule has 1 aliphatic heterocycles. The number of esters is 2. The monoisotopic (exact) mass is 623 g/mol. The van der Waals surface area contributed by atoms with Crippen molar-refractivity contribution in [2.24, 2.45) is 5.92 Å². The van der Waals surface area contributed by atoms with Gasteiger partial charge >= 0.3 is 11.9 Å². The van der Waals surface area contributed by atoms with Gasteiger partial charge in [-0.15, -0.1) is 0 Å². The van der Waals surface area contributed by atoms with E-state index < -0.39 is 6.10 Å². The third-order valence-corrected chi connectivity index (χ3v) is 8.96. The second-order valence-corrected chi connectivity index (χ2v) is 13.3. The minimum Gasteiger partial charge on any atom is -0.463 e. The van der Waals surface area contributed by atoms with Gasteiger partial charge in [-0.25, -0.2) is 0 Å². The number of aliphatic hydroxyl groups is 1. The van der Waals surface area contributed by atoms with Crippen LogP contribution in [0.15, 0.2) is 12.2 Å². The quantitative estimate of drug-likeness (QED) is 0.0348. The van der Waals surface area contributed by atoms with Crippen molar-refractivity contribution in [1.29, 1.82) is 0 Å². The number of aliphatic hydroxyl groups excluding tert-OH is 1. The first kappa shape index (κ1) is 40.6. The molecule has 6 heteroatoms. The van der Waals surface area contributed by atoms with Crippen LogP contribution in [-0.2, 0) is 23.8 Å². The Hall–Kier alpha value is -1.40. The van der Waals surface area contributed by atoms with Crippen LogP contribution in [0.25, 0.3) is 0 Å². The fourth-order valence-electron chi connectivity index (χ4n) is 5.60. The van der Waals surface area contributed by atoms with Gasteiger partial charge in [-0.05, 0) is 44.4 Å². The van der Waals surface area contributed by atoms with E-state index in [2.05, 4.69) is 32.9 Å². The highest BCUT2D eigenvalue weighted by atomic mass is 16.6. The van der Waals surface area contributed by atoms with Gasteiger partial charge in [0.15, 0.2) is 0 Å². The predicted molar refractivity (Wildman–Crippen MR) is 182 cm³/mol. The van der Waals surface area contributed by atoms with E-state index in [1.165, 1.54) is 89.9 Å². The third kappa shape index (κ3) is 25.9. The number of allylic oxidation sites excluding steroid dienone is 1. The van der Waals surface area contributed by atoms with Gasteiger partial charge in [0.2, 0.25) is 0 Å². The molecular formula is C38H70O6. The Morgan fingerprint density at radius 1 is 0.682 bits per heavy atom. The highest BCUT2D eigenvalue weighted by molar-refractivity contribution is 5.69. The zero-order chi connectivity index (χ0) is 32.1. The number of hydrogen-bond acceptors (Lipinski definition) is 6. The molecule has 0 amide bonds. The lowest BCUT2D eigenvalue weighted by atomic mass is 9.99. The Morgan fingerprint density at radius 2 is 1.20 bits per heavy atom. The third-order valence-electron chi connectivity index (χ3n) is 8.96. The van der Waals surface area contributed by atoms with Gasteiger partial charge in [0.25, 0.3) is 0 Å². The molecule has 258 valence electrons. The van der Waals surface area contributed by atoms with E-state index in [1.807, 2.05) is 0 Å². The summed E-state index contributed by atoms with van der Waals surface area (Å²) in [5.41, 5.74) is 0. The van der Waals surface area contributed by atoms with E-state index in [-0.39, 0.29) is 25.2 Å². The maximum atomic E-state index is 12.0. The zero-order valence-electron chi connectivity index (χ0n) is 29.0. The lowest BCUT2D eigenvalue weighted by Gasteiger charge is -2.12. The summed E-state index contributed by atoms with van der Waals surface area (Å²) in [7, 11) is 0. The van der Waals surface area contributed by atoms with Gasteiger partial charge in [-0.3, -0.25) is 9.59 Å². The summed E-state index contributed by atoms with van der Waals surface area (Å²) >= 11 is 0. The van der Waals surface area contributed by atoms with E-state index >= 15 is 0 Å².